The third-order valence-corrected chi connectivity index (χ3v) is 4.43. The summed E-state index contributed by atoms with van der Waals surface area (Å²) in [7, 11) is 5.43. The van der Waals surface area contributed by atoms with Gasteiger partial charge < -0.3 is 9.80 Å². The Morgan fingerprint density at radius 1 is 1.13 bits per heavy atom. The van der Waals surface area contributed by atoms with Gasteiger partial charge in [-0.2, -0.15) is 18.3 Å². The molecule has 1 aliphatic rings. The molecule has 23 heavy (non-hydrogen) atoms. The van der Waals surface area contributed by atoms with E-state index in [1.54, 1.807) is 19.3 Å². The highest BCUT2D eigenvalue weighted by atomic mass is 19.4. The SMILES string of the molecule is C[C@@H]1CN(C)c2cc(C(F)(F)F)c(-c3cnn(C)c3)cc2N1C. The van der Waals surface area contributed by atoms with Crippen molar-refractivity contribution in [2.75, 3.05) is 30.4 Å². The summed E-state index contributed by atoms with van der Waals surface area (Å²) in [5, 5.41) is 4.00. The number of hydrogen-bond donors (Lipinski definition) is 0. The normalized spacial score (nSPS) is 18.3. The van der Waals surface area contributed by atoms with Gasteiger partial charge in [-0.15, -0.1) is 0 Å². The van der Waals surface area contributed by atoms with Crippen molar-refractivity contribution in [1.29, 1.82) is 0 Å². The van der Waals surface area contributed by atoms with Gasteiger partial charge in [0.05, 0.1) is 23.1 Å². The molecule has 1 aromatic carbocycles. The third-order valence-electron chi connectivity index (χ3n) is 4.43. The lowest BCUT2D eigenvalue weighted by Gasteiger charge is -2.40. The molecule has 0 spiro atoms. The number of halogens is 3. The summed E-state index contributed by atoms with van der Waals surface area (Å²) >= 11 is 0. The maximum Gasteiger partial charge on any atom is 0.417 e. The molecule has 1 atom stereocenters. The molecule has 1 aromatic heterocycles. The summed E-state index contributed by atoms with van der Waals surface area (Å²) in [4.78, 5) is 3.90. The molecule has 124 valence electrons. The van der Waals surface area contributed by atoms with Crippen molar-refractivity contribution in [3.63, 3.8) is 0 Å². The van der Waals surface area contributed by atoms with Crippen LogP contribution in [0.5, 0.6) is 0 Å². The molecule has 0 N–H and O–H groups in total. The van der Waals surface area contributed by atoms with Gasteiger partial charge in [-0.1, -0.05) is 0 Å². The quantitative estimate of drug-likeness (QED) is 0.804. The van der Waals surface area contributed by atoms with Crippen molar-refractivity contribution in [3.05, 3.63) is 30.1 Å². The van der Waals surface area contributed by atoms with Crippen LogP contribution in [0.25, 0.3) is 11.1 Å². The van der Waals surface area contributed by atoms with E-state index >= 15 is 0 Å². The molecule has 2 heterocycles. The van der Waals surface area contributed by atoms with Gasteiger partial charge in [0.15, 0.2) is 0 Å². The lowest BCUT2D eigenvalue weighted by Crippen LogP contribution is -2.44. The van der Waals surface area contributed by atoms with Crippen LogP contribution in [-0.2, 0) is 13.2 Å². The molecular weight excluding hydrogens is 305 g/mol. The number of benzene rings is 1. The van der Waals surface area contributed by atoms with Gasteiger partial charge in [-0.05, 0) is 24.6 Å². The fourth-order valence-corrected chi connectivity index (χ4v) is 3.05. The van der Waals surface area contributed by atoms with Gasteiger partial charge >= 0.3 is 6.18 Å². The van der Waals surface area contributed by atoms with Crippen LogP contribution in [0, 0.1) is 0 Å². The van der Waals surface area contributed by atoms with E-state index in [1.807, 2.05) is 23.9 Å². The van der Waals surface area contributed by atoms with Crippen LogP contribution >= 0.6 is 0 Å². The first kappa shape index (κ1) is 15.7. The number of nitrogens with zero attached hydrogens (tertiary/aromatic N) is 4. The van der Waals surface area contributed by atoms with Crippen molar-refractivity contribution < 1.29 is 13.2 Å². The third kappa shape index (κ3) is 2.64. The van der Waals surface area contributed by atoms with Crippen LogP contribution in [0.15, 0.2) is 24.5 Å². The zero-order chi connectivity index (χ0) is 16.9. The van der Waals surface area contributed by atoms with E-state index < -0.39 is 11.7 Å². The van der Waals surface area contributed by atoms with Crippen LogP contribution in [-0.4, -0.2) is 36.5 Å². The van der Waals surface area contributed by atoms with Crippen molar-refractivity contribution in [1.82, 2.24) is 9.78 Å². The van der Waals surface area contributed by atoms with Crippen molar-refractivity contribution in [2.24, 2.45) is 7.05 Å². The van der Waals surface area contributed by atoms with Crippen LogP contribution in [0.4, 0.5) is 24.5 Å². The number of alkyl halides is 3. The summed E-state index contributed by atoms with van der Waals surface area (Å²) in [6.45, 7) is 2.74. The summed E-state index contributed by atoms with van der Waals surface area (Å²) in [5.74, 6) is 0. The minimum absolute atomic E-state index is 0.165. The van der Waals surface area contributed by atoms with E-state index in [9.17, 15) is 13.2 Å². The average Bonchev–Trinajstić information content (AvgIpc) is 2.89. The molecule has 0 saturated carbocycles. The fourth-order valence-electron chi connectivity index (χ4n) is 3.05. The predicted octanol–water partition coefficient (Wildman–Crippen LogP) is 3.38. The second kappa shape index (κ2) is 5.18. The maximum atomic E-state index is 13.6. The topological polar surface area (TPSA) is 24.3 Å². The van der Waals surface area contributed by atoms with Gasteiger partial charge in [-0.3, -0.25) is 4.68 Å². The first-order valence-electron chi connectivity index (χ1n) is 7.36. The first-order chi connectivity index (χ1) is 10.7. The molecule has 0 amide bonds. The Balaban J connectivity index is 2.26. The Kier molecular flexibility index (Phi) is 3.54. The van der Waals surface area contributed by atoms with Gasteiger partial charge in [0.2, 0.25) is 0 Å². The number of aromatic nitrogens is 2. The zero-order valence-corrected chi connectivity index (χ0v) is 13.5. The number of rotatable bonds is 1. The lowest BCUT2D eigenvalue weighted by atomic mass is 9.97. The number of fused-ring (bicyclic) bond motifs is 1. The molecule has 0 unspecified atom stereocenters. The Morgan fingerprint density at radius 3 is 2.39 bits per heavy atom. The highest BCUT2D eigenvalue weighted by Crippen LogP contribution is 2.44. The molecule has 1 aliphatic heterocycles. The molecule has 2 aromatic rings. The minimum Gasteiger partial charge on any atom is -0.371 e. The van der Waals surface area contributed by atoms with Gasteiger partial charge in [0, 0.05) is 45.5 Å². The molecule has 0 aliphatic carbocycles. The number of anilines is 2. The van der Waals surface area contributed by atoms with E-state index in [-0.39, 0.29) is 11.6 Å². The van der Waals surface area contributed by atoms with E-state index in [1.165, 1.54) is 16.9 Å². The van der Waals surface area contributed by atoms with Crippen molar-refractivity contribution in [3.8, 4) is 11.1 Å². The van der Waals surface area contributed by atoms with E-state index in [4.69, 9.17) is 0 Å². The van der Waals surface area contributed by atoms with Gasteiger partial charge in [0.25, 0.3) is 0 Å². The van der Waals surface area contributed by atoms with Crippen LogP contribution in [0.3, 0.4) is 0 Å². The number of likely N-dealkylation sites (N-methyl/N-ethyl adjacent to an activating group) is 2. The second-order valence-corrected chi connectivity index (χ2v) is 6.13. The Morgan fingerprint density at radius 2 is 1.83 bits per heavy atom. The van der Waals surface area contributed by atoms with Crippen molar-refractivity contribution >= 4 is 11.4 Å². The Labute approximate surface area is 133 Å². The summed E-state index contributed by atoms with van der Waals surface area (Å²) < 4.78 is 42.2. The van der Waals surface area contributed by atoms with E-state index in [0.29, 0.717) is 17.8 Å². The summed E-state index contributed by atoms with van der Waals surface area (Å²) in [6.07, 6.45) is -1.34. The lowest BCUT2D eigenvalue weighted by molar-refractivity contribution is -0.137. The molecule has 3 rings (SSSR count). The standard InChI is InChI=1S/C16H19F3N4/c1-10-8-21(2)14-6-13(16(17,18)19)12(5-15(14)23(10)4)11-7-20-22(3)9-11/h5-7,9-10H,8H2,1-4H3/t10-/m1/s1. The monoisotopic (exact) mass is 324 g/mol. The Hall–Kier alpha value is -2.18. The summed E-state index contributed by atoms with van der Waals surface area (Å²) in [6, 6.07) is 3.10. The maximum absolute atomic E-state index is 13.6. The smallest absolute Gasteiger partial charge is 0.371 e. The van der Waals surface area contributed by atoms with Gasteiger partial charge in [-0.25, -0.2) is 0 Å². The fraction of sp³-hybridized carbons (Fsp3) is 0.438. The highest BCUT2D eigenvalue weighted by Gasteiger charge is 2.37. The van der Waals surface area contributed by atoms with E-state index in [2.05, 4.69) is 12.0 Å². The molecule has 0 fully saturated rings. The summed E-state index contributed by atoms with van der Waals surface area (Å²) in [5.41, 5.74) is 1.42. The van der Waals surface area contributed by atoms with Crippen LogP contribution in [0.2, 0.25) is 0 Å². The average molecular weight is 324 g/mol. The first-order valence-corrected chi connectivity index (χ1v) is 7.36. The highest BCUT2D eigenvalue weighted by molar-refractivity contribution is 5.82. The van der Waals surface area contributed by atoms with Crippen LogP contribution in [0.1, 0.15) is 12.5 Å². The molecule has 0 radical (unpaired) electrons. The van der Waals surface area contributed by atoms with Crippen LogP contribution < -0.4 is 9.80 Å². The minimum atomic E-state index is -4.41. The zero-order valence-electron chi connectivity index (χ0n) is 13.5. The molecule has 0 saturated heterocycles. The van der Waals surface area contributed by atoms with Gasteiger partial charge in [0.1, 0.15) is 0 Å². The molecule has 4 nitrogen and oxygen atoms in total. The molecular formula is C16H19F3N4. The van der Waals surface area contributed by atoms with Crippen molar-refractivity contribution in [2.45, 2.75) is 19.1 Å². The Bertz CT molecular complexity index is 735. The molecule has 7 heteroatoms. The second-order valence-electron chi connectivity index (χ2n) is 6.13. The number of aryl methyl sites for hydroxylation is 1. The predicted molar refractivity (Wildman–Crippen MR) is 84.8 cm³/mol. The molecule has 0 bridgehead atoms. The number of hydrogen-bond acceptors (Lipinski definition) is 3. The largest absolute Gasteiger partial charge is 0.417 e. The van der Waals surface area contributed by atoms with E-state index in [0.717, 1.165) is 5.69 Å².